The first kappa shape index (κ1) is 19.1. The minimum absolute atomic E-state index is 0.234. The first-order chi connectivity index (χ1) is 14.1. The molecule has 2 N–H and O–H groups in total. The summed E-state index contributed by atoms with van der Waals surface area (Å²) in [6.45, 7) is 0. The number of benzene rings is 2. The van der Waals surface area contributed by atoms with Gasteiger partial charge in [-0.15, -0.1) is 0 Å². The third-order valence-corrected chi connectivity index (χ3v) is 5.32. The van der Waals surface area contributed by atoms with Gasteiger partial charge in [-0.25, -0.2) is 4.98 Å². The molecule has 29 heavy (non-hydrogen) atoms. The minimum atomic E-state index is -0.234. The van der Waals surface area contributed by atoms with Gasteiger partial charge in [-0.1, -0.05) is 22.0 Å². The molecule has 8 heteroatoms. The molecule has 0 aliphatic heterocycles. The van der Waals surface area contributed by atoms with Crippen LogP contribution in [0.3, 0.4) is 0 Å². The van der Waals surface area contributed by atoms with E-state index in [9.17, 15) is 4.79 Å². The summed E-state index contributed by atoms with van der Waals surface area (Å²) in [6.07, 6.45) is 3.39. The molecule has 2 aromatic carbocycles. The van der Waals surface area contributed by atoms with Crippen LogP contribution in [0.4, 0.5) is 0 Å². The van der Waals surface area contributed by atoms with Gasteiger partial charge in [0.2, 0.25) is 11.5 Å². The van der Waals surface area contributed by atoms with E-state index in [4.69, 9.17) is 14.2 Å². The molecule has 0 aliphatic carbocycles. The number of methoxy groups -OCH3 is 3. The number of hydrogen-bond acceptors (Lipinski definition) is 5. The Hall–Kier alpha value is -3.26. The van der Waals surface area contributed by atoms with Crippen molar-refractivity contribution >= 4 is 32.6 Å². The highest BCUT2D eigenvalue weighted by molar-refractivity contribution is 9.10. The summed E-state index contributed by atoms with van der Waals surface area (Å²) in [4.78, 5) is 23.8. The number of halogens is 1. The standard InChI is InChI=1S/C21H18BrN3O4/c1-27-16-7-11(8-17(28-2)20(16)29-3)19(26)15-10-24-21(25-15)12-9-23-14-6-4-5-13(22)18(12)14/h4-10,23H,1-3H3,(H,24,25). The van der Waals surface area contributed by atoms with Gasteiger partial charge in [-0.2, -0.15) is 0 Å². The molecule has 4 rings (SSSR count). The lowest BCUT2D eigenvalue weighted by molar-refractivity contribution is 0.103. The highest BCUT2D eigenvalue weighted by atomic mass is 79.9. The molecular formula is C21H18BrN3O4. The van der Waals surface area contributed by atoms with E-state index in [0.717, 1.165) is 20.9 Å². The van der Waals surface area contributed by atoms with Gasteiger partial charge in [0.15, 0.2) is 11.5 Å². The summed E-state index contributed by atoms with van der Waals surface area (Å²) in [5, 5.41) is 0.994. The van der Waals surface area contributed by atoms with Gasteiger partial charge in [0, 0.05) is 32.7 Å². The van der Waals surface area contributed by atoms with Crippen LogP contribution < -0.4 is 14.2 Å². The van der Waals surface area contributed by atoms with Crippen LogP contribution >= 0.6 is 15.9 Å². The Morgan fingerprint density at radius 2 is 1.79 bits per heavy atom. The molecule has 148 valence electrons. The molecule has 2 aromatic heterocycles. The molecule has 0 atom stereocenters. The Balaban J connectivity index is 1.74. The zero-order valence-corrected chi connectivity index (χ0v) is 17.6. The number of carbonyl (C=O) groups excluding carboxylic acids is 1. The molecule has 7 nitrogen and oxygen atoms in total. The van der Waals surface area contributed by atoms with Gasteiger partial charge in [-0.3, -0.25) is 4.79 Å². The second kappa shape index (κ2) is 7.63. The number of H-pyrrole nitrogens is 2. The van der Waals surface area contributed by atoms with Crippen molar-refractivity contribution in [1.29, 1.82) is 0 Å². The lowest BCUT2D eigenvalue weighted by Gasteiger charge is -2.13. The van der Waals surface area contributed by atoms with Crippen LogP contribution in [0, 0.1) is 0 Å². The fourth-order valence-electron chi connectivity index (χ4n) is 3.27. The van der Waals surface area contributed by atoms with Crippen LogP contribution in [-0.4, -0.2) is 42.1 Å². The molecule has 0 amide bonds. The van der Waals surface area contributed by atoms with E-state index >= 15 is 0 Å². The van der Waals surface area contributed by atoms with Crippen molar-refractivity contribution in [1.82, 2.24) is 15.0 Å². The Morgan fingerprint density at radius 3 is 2.45 bits per heavy atom. The summed E-state index contributed by atoms with van der Waals surface area (Å²) in [7, 11) is 4.53. The van der Waals surface area contributed by atoms with Crippen LogP contribution in [0.25, 0.3) is 22.3 Å². The molecule has 0 fully saturated rings. The number of imidazole rings is 1. The van der Waals surface area contributed by atoms with Gasteiger partial charge in [0.1, 0.15) is 11.5 Å². The van der Waals surface area contributed by atoms with E-state index in [1.54, 1.807) is 12.1 Å². The lowest BCUT2D eigenvalue weighted by Crippen LogP contribution is -2.04. The van der Waals surface area contributed by atoms with Crippen molar-refractivity contribution < 1.29 is 19.0 Å². The average molecular weight is 456 g/mol. The third kappa shape index (κ3) is 3.25. The zero-order chi connectivity index (χ0) is 20.5. The maximum Gasteiger partial charge on any atom is 0.211 e. The fourth-order valence-corrected chi connectivity index (χ4v) is 3.85. The Morgan fingerprint density at radius 1 is 1.07 bits per heavy atom. The maximum atomic E-state index is 13.1. The summed E-state index contributed by atoms with van der Waals surface area (Å²) in [5.74, 6) is 1.62. The smallest absolute Gasteiger partial charge is 0.211 e. The van der Waals surface area contributed by atoms with E-state index in [2.05, 4.69) is 30.9 Å². The molecule has 0 saturated heterocycles. The largest absolute Gasteiger partial charge is 0.493 e. The molecule has 0 unspecified atom stereocenters. The first-order valence-corrected chi connectivity index (χ1v) is 9.52. The Labute approximate surface area is 175 Å². The predicted molar refractivity (Wildman–Crippen MR) is 113 cm³/mol. The van der Waals surface area contributed by atoms with Gasteiger partial charge < -0.3 is 24.2 Å². The van der Waals surface area contributed by atoms with Gasteiger partial charge >= 0.3 is 0 Å². The second-order valence-corrected chi connectivity index (χ2v) is 7.11. The SMILES string of the molecule is COc1cc(C(=O)c2cnc(-c3c[nH]c4cccc(Br)c34)[nH]2)cc(OC)c1OC. The molecule has 0 bridgehead atoms. The number of aromatic amines is 2. The van der Waals surface area contributed by atoms with Gasteiger partial charge in [-0.05, 0) is 24.3 Å². The van der Waals surface area contributed by atoms with E-state index in [-0.39, 0.29) is 5.78 Å². The van der Waals surface area contributed by atoms with Crippen molar-refractivity contribution in [2.75, 3.05) is 21.3 Å². The molecular weight excluding hydrogens is 438 g/mol. The highest BCUT2D eigenvalue weighted by Crippen LogP contribution is 2.39. The number of ether oxygens (including phenoxy) is 3. The summed E-state index contributed by atoms with van der Waals surface area (Å²) in [6, 6.07) is 9.13. The number of nitrogens with zero attached hydrogens (tertiary/aromatic N) is 1. The van der Waals surface area contributed by atoms with E-state index < -0.39 is 0 Å². The number of hydrogen-bond donors (Lipinski definition) is 2. The van der Waals surface area contributed by atoms with Crippen LogP contribution in [0.1, 0.15) is 16.1 Å². The third-order valence-electron chi connectivity index (χ3n) is 4.66. The number of rotatable bonds is 6. The van der Waals surface area contributed by atoms with Crippen LogP contribution in [-0.2, 0) is 0 Å². The van der Waals surface area contributed by atoms with Crippen molar-refractivity contribution in [3.05, 3.63) is 58.5 Å². The number of ketones is 1. The van der Waals surface area contributed by atoms with Crippen LogP contribution in [0.5, 0.6) is 17.2 Å². The van der Waals surface area contributed by atoms with Gasteiger partial charge in [0.25, 0.3) is 0 Å². The van der Waals surface area contributed by atoms with E-state index in [0.29, 0.717) is 34.3 Å². The number of fused-ring (bicyclic) bond motifs is 1. The van der Waals surface area contributed by atoms with Crippen molar-refractivity contribution in [2.45, 2.75) is 0 Å². The highest BCUT2D eigenvalue weighted by Gasteiger charge is 2.20. The molecule has 0 spiro atoms. The van der Waals surface area contributed by atoms with Crippen molar-refractivity contribution in [2.24, 2.45) is 0 Å². The topological polar surface area (TPSA) is 89.2 Å². The quantitative estimate of drug-likeness (QED) is 0.415. The fraction of sp³-hybridized carbons (Fsp3) is 0.143. The molecule has 0 saturated carbocycles. The Kier molecular flexibility index (Phi) is 5.02. The van der Waals surface area contributed by atoms with Crippen molar-refractivity contribution in [3.63, 3.8) is 0 Å². The van der Waals surface area contributed by atoms with E-state index in [1.165, 1.54) is 27.5 Å². The number of carbonyl (C=O) groups is 1. The van der Waals surface area contributed by atoms with Crippen LogP contribution in [0.2, 0.25) is 0 Å². The summed E-state index contributed by atoms with van der Waals surface area (Å²) >= 11 is 3.57. The molecule has 0 radical (unpaired) electrons. The predicted octanol–water partition coefficient (Wildman–Crippen LogP) is 4.58. The number of aromatic nitrogens is 3. The van der Waals surface area contributed by atoms with Crippen molar-refractivity contribution in [3.8, 4) is 28.6 Å². The summed E-state index contributed by atoms with van der Waals surface area (Å²) in [5.41, 5.74) is 2.60. The monoisotopic (exact) mass is 455 g/mol. The second-order valence-electron chi connectivity index (χ2n) is 6.25. The molecule has 0 aliphatic rings. The first-order valence-electron chi connectivity index (χ1n) is 8.73. The van der Waals surface area contributed by atoms with Crippen LogP contribution in [0.15, 0.2) is 47.2 Å². The number of nitrogens with one attached hydrogen (secondary N) is 2. The van der Waals surface area contributed by atoms with E-state index in [1.807, 2.05) is 24.4 Å². The Bertz CT molecular complexity index is 1190. The maximum absolute atomic E-state index is 13.1. The lowest BCUT2D eigenvalue weighted by atomic mass is 10.1. The normalized spacial score (nSPS) is 10.9. The van der Waals surface area contributed by atoms with Gasteiger partial charge in [0.05, 0.1) is 27.5 Å². The minimum Gasteiger partial charge on any atom is -0.493 e. The average Bonchev–Trinajstić information content (AvgIpc) is 3.39. The molecule has 4 aromatic rings. The molecule has 2 heterocycles. The summed E-state index contributed by atoms with van der Waals surface area (Å²) < 4.78 is 16.9. The zero-order valence-electron chi connectivity index (χ0n) is 16.0.